The fourth-order valence-electron chi connectivity index (χ4n) is 1.51. The fraction of sp³-hybridized carbons (Fsp3) is 0.333. The van der Waals surface area contributed by atoms with Crippen molar-refractivity contribution in [3.8, 4) is 6.07 Å². The van der Waals surface area contributed by atoms with Gasteiger partial charge in [0.1, 0.15) is 0 Å². The number of aliphatic carboxylic acids is 1. The highest BCUT2D eigenvalue weighted by molar-refractivity contribution is 5.67. The van der Waals surface area contributed by atoms with Gasteiger partial charge in [-0.05, 0) is 23.6 Å². The second-order valence-electron chi connectivity index (χ2n) is 3.76. The second-order valence-corrected chi connectivity index (χ2v) is 3.76. The summed E-state index contributed by atoms with van der Waals surface area (Å²) < 4.78 is 0. The molecule has 0 saturated heterocycles. The Morgan fingerprint density at radius 1 is 1.56 bits per heavy atom. The number of carboxylic acids is 1. The number of rotatable bonds is 4. The molecule has 0 spiro atoms. The van der Waals surface area contributed by atoms with Crippen molar-refractivity contribution in [1.29, 1.82) is 5.26 Å². The van der Waals surface area contributed by atoms with Crippen molar-refractivity contribution in [2.45, 2.75) is 19.4 Å². The van der Waals surface area contributed by atoms with Crippen molar-refractivity contribution in [3.63, 3.8) is 0 Å². The molecule has 2 N–H and O–H groups in total. The van der Waals surface area contributed by atoms with Crippen molar-refractivity contribution >= 4 is 5.97 Å². The maximum atomic E-state index is 10.5. The van der Waals surface area contributed by atoms with E-state index in [0.717, 1.165) is 0 Å². The molecular weight excluding hydrogens is 206 g/mol. The number of hydrogen-bond donors (Lipinski definition) is 2. The first-order chi connectivity index (χ1) is 7.54. The largest absolute Gasteiger partial charge is 0.481 e. The lowest BCUT2D eigenvalue weighted by molar-refractivity contribution is -0.139. The molecule has 0 heterocycles. The van der Waals surface area contributed by atoms with E-state index >= 15 is 0 Å². The van der Waals surface area contributed by atoms with Crippen LogP contribution in [0.3, 0.4) is 0 Å². The van der Waals surface area contributed by atoms with Gasteiger partial charge in [0.25, 0.3) is 0 Å². The molecular formula is C12H13NO3. The number of benzene rings is 1. The Bertz CT molecular complexity index is 423. The van der Waals surface area contributed by atoms with E-state index in [0.29, 0.717) is 11.1 Å². The van der Waals surface area contributed by atoms with Crippen LogP contribution in [-0.4, -0.2) is 16.2 Å². The molecule has 1 aromatic rings. The Morgan fingerprint density at radius 3 is 2.81 bits per heavy atom. The number of carboxylic acid groups (broad SMARTS) is 1. The Kier molecular flexibility index (Phi) is 4.03. The van der Waals surface area contributed by atoms with Gasteiger partial charge in [0, 0.05) is 0 Å². The zero-order chi connectivity index (χ0) is 12.1. The summed E-state index contributed by atoms with van der Waals surface area (Å²) in [5.41, 5.74) is 1.03. The molecule has 1 aromatic carbocycles. The molecule has 16 heavy (non-hydrogen) atoms. The minimum Gasteiger partial charge on any atom is -0.481 e. The molecule has 0 saturated carbocycles. The molecule has 1 rings (SSSR count). The average Bonchev–Trinajstić information content (AvgIpc) is 2.27. The number of aliphatic hydroxyl groups is 1. The first-order valence-corrected chi connectivity index (χ1v) is 4.94. The maximum absolute atomic E-state index is 10.5. The van der Waals surface area contributed by atoms with E-state index in [1.54, 1.807) is 31.2 Å². The predicted molar refractivity (Wildman–Crippen MR) is 57.5 cm³/mol. The SMILES string of the molecule is CC(CC(=O)O)C(O)c1cccc(C#N)c1. The fourth-order valence-corrected chi connectivity index (χ4v) is 1.51. The topological polar surface area (TPSA) is 81.3 Å². The molecule has 0 radical (unpaired) electrons. The Hall–Kier alpha value is -1.86. The van der Waals surface area contributed by atoms with Crippen molar-refractivity contribution in [2.75, 3.05) is 0 Å². The van der Waals surface area contributed by atoms with Gasteiger partial charge in [-0.3, -0.25) is 4.79 Å². The predicted octanol–water partition coefficient (Wildman–Crippen LogP) is 1.70. The van der Waals surface area contributed by atoms with Crippen LogP contribution >= 0.6 is 0 Å². The van der Waals surface area contributed by atoms with E-state index in [2.05, 4.69) is 0 Å². The lowest BCUT2D eigenvalue weighted by Gasteiger charge is -2.17. The first kappa shape index (κ1) is 12.2. The van der Waals surface area contributed by atoms with Crippen LogP contribution in [0, 0.1) is 17.2 Å². The van der Waals surface area contributed by atoms with Crippen LogP contribution in [0.4, 0.5) is 0 Å². The summed E-state index contributed by atoms with van der Waals surface area (Å²) in [5.74, 6) is -1.32. The summed E-state index contributed by atoms with van der Waals surface area (Å²) in [7, 11) is 0. The van der Waals surface area contributed by atoms with Crippen LogP contribution in [0.15, 0.2) is 24.3 Å². The number of nitrogens with zero attached hydrogens (tertiary/aromatic N) is 1. The molecule has 0 aliphatic carbocycles. The monoisotopic (exact) mass is 219 g/mol. The number of nitriles is 1. The first-order valence-electron chi connectivity index (χ1n) is 4.94. The molecule has 2 unspecified atom stereocenters. The lowest BCUT2D eigenvalue weighted by Crippen LogP contribution is -2.13. The van der Waals surface area contributed by atoms with Gasteiger partial charge in [0.15, 0.2) is 0 Å². The molecule has 0 fully saturated rings. The Morgan fingerprint density at radius 2 is 2.25 bits per heavy atom. The van der Waals surface area contributed by atoms with Crippen molar-refractivity contribution in [2.24, 2.45) is 5.92 Å². The van der Waals surface area contributed by atoms with Crippen LogP contribution in [0.25, 0.3) is 0 Å². The minimum absolute atomic E-state index is 0.0993. The van der Waals surface area contributed by atoms with Crippen molar-refractivity contribution < 1.29 is 15.0 Å². The van der Waals surface area contributed by atoms with Crippen molar-refractivity contribution in [3.05, 3.63) is 35.4 Å². The maximum Gasteiger partial charge on any atom is 0.303 e. The highest BCUT2D eigenvalue weighted by atomic mass is 16.4. The lowest BCUT2D eigenvalue weighted by atomic mass is 9.94. The standard InChI is InChI=1S/C12H13NO3/c1-8(5-11(14)15)12(16)10-4-2-3-9(6-10)7-13/h2-4,6,8,12,16H,5H2,1H3,(H,14,15). The summed E-state index contributed by atoms with van der Waals surface area (Å²) in [4.78, 5) is 10.5. The second kappa shape index (κ2) is 5.29. The molecule has 4 heteroatoms. The van der Waals surface area contributed by atoms with E-state index in [-0.39, 0.29) is 12.3 Å². The molecule has 2 atom stereocenters. The van der Waals surface area contributed by atoms with Crippen LogP contribution < -0.4 is 0 Å². The van der Waals surface area contributed by atoms with E-state index in [4.69, 9.17) is 10.4 Å². The number of hydrogen-bond acceptors (Lipinski definition) is 3. The van der Waals surface area contributed by atoms with Gasteiger partial charge in [-0.2, -0.15) is 5.26 Å². The average molecular weight is 219 g/mol. The summed E-state index contributed by atoms with van der Waals surface area (Å²) in [5, 5.41) is 27.2. The minimum atomic E-state index is -0.942. The summed E-state index contributed by atoms with van der Waals surface area (Å²) in [6.07, 6.45) is -0.956. The van der Waals surface area contributed by atoms with Crippen LogP contribution in [-0.2, 0) is 4.79 Å². The molecule has 0 aliphatic rings. The van der Waals surface area contributed by atoms with E-state index < -0.39 is 12.1 Å². The number of carbonyl (C=O) groups is 1. The molecule has 84 valence electrons. The molecule has 0 aromatic heterocycles. The highest BCUT2D eigenvalue weighted by Gasteiger charge is 2.19. The quantitative estimate of drug-likeness (QED) is 0.807. The van der Waals surface area contributed by atoms with E-state index in [1.807, 2.05) is 6.07 Å². The number of aliphatic hydroxyl groups excluding tert-OH is 1. The van der Waals surface area contributed by atoms with Gasteiger partial charge >= 0.3 is 5.97 Å². The summed E-state index contributed by atoms with van der Waals surface area (Å²) >= 11 is 0. The molecule has 0 aliphatic heterocycles. The van der Waals surface area contributed by atoms with Crippen molar-refractivity contribution in [1.82, 2.24) is 0 Å². The Labute approximate surface area is 93.8 Å². The zero-order valence-electron chi connectivity index (χ0n) is 8.92. The zero-order valence-corrected chi connectivity index (χ0v) is 8.92. The van der Waals surface area contributed by atoms with E-state index in [1.165, 1.54) is 0 Å². The third kappa shape index (κ3) is 3.07. The molecule has 0 amide bonds. The molecule has 0 bridgehead atoms. The van der Waals surface area contributed by atoms with Gasteiger partial charge < -0.3 is 10.2 Å². The van der Waals surface area contributed by atoms with Gasteiger partial charge in [-0.25, -0.2) is 0 Å². The van der Waals surface area contributed by atoms with Gasteiger partial charge in [-0.15, -0.1) is 0 Å². The summed E-state index contributed by atoms with van der Waals surface area (Å²) in [6.45, 7) is 1.66. The van der Waals surface area contributed by atoms with Gasteiger partial charge in [0.2, 0.25) is 0 Å². The highest BCUT2D eigenvalue weighted by Crippen LogP contribution is 2.24. The Balaban J connectivity index is 2.83. The van der Waals surface area contributed by atoms with Crippen LogP contribution in [0.1, 0.15) is 30.6 Å². The van der Waals surface area contributed by atoms with Crippen LogP contribution in [0.5, 0.6) is 0 Å². The third-order valence-electron chi connectivity index (χ3n) is 2.39. The third-order valence-corrected chi connectivity index (χ3v) is 2.39. The van der Waals surface area contributed by atoms with E-state index in [9.17, 15) is 9.90 Å². The molecule has 4 nitrogen and oxygen atoms in total. The van der Waals surface area contributed by atoms with Gasteiger partial charge in [0.05, 0.1) is 24.2 Å². The van der Waals surface area contributed by atoms with Gasteiger partial charge in [-0.1, -0.05) is 19.1 Å². The van der Waals surface area contributed by atoms with Crippen LogP contribution in [0.2, 0.25) is 0 Å². The smallest absolute Gasteiger partial charge is 0.303 e. The summed E-state index contributed by atoms with van der Waals surface area (Å²) in [6, 6.07) is 8.54. The normalized spacial score (nSPS) is 13.8.